The van der Waals surface area contributed by atoms with Crippen LogP contribution >= 0.6 is 0 Å². The fourth-order valence-electron chi connectivity index (χ4n) is 2.42. The van der Waals surface area contributed by atoms with Gasteiger partial charge >= 0.3 is 17.9 Å². The monoisotopic (exact) mass is 326 g/mol. The van der Waals surface area contributed by atoms with Gasteiger partial charge in [0.1, 0.15) is 5.75 Å². The Morgan fingerprint density at radius 1 is 1.08 bits per heavy atom. The zero-order valence-corrected chi connectivity index (χ0v) is 12.9. The van der Waals surface area contributed by atoms with Gasteiger partial charge in [-0.05, 0) is 35.9 Å². The molecule has 24 heavy (non-hydrogen) atoms. The second-order valence-corrected chi connectivity index (χ2v) is 5.19. The van der Waals surface area contributed by atoms with Crippen molar-refractivity contribution in [3.63, 3.8) is 0 Å². The Hall–Kier alpha value is -3.15. The zero-order valence-electron chi connectivity index (χ0n) is 12.9. The summed E-state index contributed by atoms with van der Waals surface area (Å²) in [5.74, 6) is -1.43. The molecule has 0 spiro atoms. The molecule has 1 aliphatic rings. The van der Waals surface area contributed by atoms with Crippen LogP contribution in [0.25, 0.3) is 0 Å². The number of carbonyl (C=O) groups is 3. The van der Waals surface area contributed by atoms with Gasteiger partial charge in [-0.2, -0.15) is 0 Å². The molecule has 2 aromatic carbocycles. The van der Waals surface area contributed by atoms with Crippen LogP contribution < -0.4 is 4.74 Å². The average molecular weight is 326 g/mol. The number of hydrogen-bond acceptors (Lipinski definition) is 6. The number of cyclic esters (lactones) is 1. The lowest BCUT2D eigenvalue weighted by molar-refractivity contribution is -0.144. The number of carbonyl (C=O) groups excluding carboxylic acids is 3. The molecule has 2 aromatic rings. The van der Waals surface area contributed by atoms with Gasteiger partial charge in [0.25, 0.3) is 0 Å². The Bertz CT molecular complexity index is 793. The molecule has 0 aliphatic carbocycles. The predicted molar refractivity (Wildman–Crippen MR) is 82.8 cm³/mol. The van der Waals surface area contributed by atoms with Crippen molar-refractivity contribution in [3.05, 3.63) is 65.2 Å². The Labute approximate surface area is 137 Å². The molecule has 0 aromatic heterocycles. The highest BCUT2D eigenvalue weighted by atomic mass is 16.6. The van der Waals surface area contributed by atoms with Crippen molar-refractivity contribution in [3.8, 4) is 5.75 Å². The highest BCUT2D eigenvalue weighted by Crippen LogP contribution is 2.22. The van der Waals surface area contributed by atoms with Gasteiger partial charge in [0.15, 0.2) is 0 Å². The molecule has 0 bridgehead atoms. The fraction of sp³-hybridized carbons (Fsp3) is 0.167. The first-order chi connectivity index (χ1) is 11.6. The maximum Gasteiger partial charge on any atom is 0.353 e. The van der Waals surface area contributed by atoms with Gasteiger partial charge in [-0.1, -0.05) is 18.2 Å². The van der Waals surface area contributed by atoms with Gasteiger partial charge < -0.3 is 14.2 Å². The number of ether oxygens (including phenoxy) is 3. The van der Waals surface area contributed by atoms with E-state index in [1.165, 1.54) is 31.4 Å². The number of benzene rings is 2. The second-order valence-electron chi connectivity index (χ2n) is 5.19. The minimum Gasteiger partial charge on any atom is -0.465 e. The lowest BCUT2D eigenvalue weighted by Crippen LogP contribution is -2.36. The summed E-state index contributed by atoms with van der Waals surface area (Å²) in [4.78, 5) is 35.5. The lowest BCUT2D eigenvalue weighted by Gasteiger charge is -2.23. The summed E-state index contributed by atoms with van der Waals surface area (Å²) in [6.07, 6.45) is -0.728. The van der Waals surface area contributed by atoms with Crippen molar-refractivity contribution in [1.29, 1.82) is 0 Å². The molecule has 1 heterocycles. The van der Waals surface area contributed by atoms with Gasteiger partial charge in [-0.25, -0.2) is 14.4 Å². The maximum absolute atomic E-state index is 12.2. The van der Waals surface area contributed by atoms with Crippen LogP contribution in [0.15, 0.2) is 48.5 Å². The summed E-state index contributed by atoms with van der Waals surface area (Å²) in [5.41, 5.74) is 1.55. The molecule has 0 saturated heterocycles. The third kappa shape index (κ3) is 3.12. The number of esters is 3. The smallest absolute Gasteiger partial charge is 0.353 e. The van der Waals surface area contributed by atoms with E-state index >= 15 is 0 Å². The van der Waals surface area contributed by atoms with E-state index in [9.17, 15) is 14.4 Å². The van der Waals surface area contributed by atoms with Crippen molar-refractivity contribution in [2.45, 2.75) is 12.5 Å². The third-order valence-electron chi connectivity index (χ3n) is 3.65. The molecule has 0 saturated carbocycles. The van der Waals surface area contributed by atoms with Crippen LogP contribution in [0.3, 0.4) is 0 Å². The van der Waals surface area contributed by atoms with Crippen molar-refractivity contribution in [1.82, 2.24) is 0 Å². The molecule has 0 N–H and O–H groups in total. The Morgan fingerprint density at radius 2 is 1.79 bits per heavy atom. The highest BCUT2D eigenvalue weighted by Gasteiger charge is 2.32. The molecule has 3 rings (SSSR count). The summed E-state index contributed by atoms with van der Waals surface area (Å²) in [7, 11) is 1.28. The topological polar surface area (TPSA) is 78.9 Å². The highest BCUT2D eigenvalue weighted by molar-refractivity contribution is 5.95. The van der Waals surface area contributed by atoms with Crippen LogP contribution in [0, 0.1) is 0 Å². The third-order valence-corrected chi connectivity index (χ3v) is 3.65. The van der Waals surface area contributed by atoms with Gasteiger partial charge in [0.05, 0.1) is 18.2 Å². The molecule has 1 aliphatic heterocycles. The Kier molecular flexibility index (Phi) is 4.29. The first-order valence-electron chi connectivity index (χ1n) is 7.27. The fourth-order valence-corrected chi connectivity index (χ4v) is 2.42. The molecular weight excluding hydrogens is 312 g/mol. The van der Waals surface area contributed by atoms with Crippen LogP contribution in [-0.2, 0) is 20.7 Å². The SMILES string of the molecule is COC(=O)c1ccc(OC(=O)[C@@H]2Cc3ccccc3C(=O)O2)cc1. The normalized spacial score (nSPS) is 15.9. The van der Waals surface area contributed by atoms with E-state index in [4.69, 9.17) is 9.47 Å². The predicted octanol–water partition coefficient (Wildman–Crippen LogP) is 2.16. The van der Waals surface area contributed by atoms with Crippen molar-refractivity contribution in [2.75, 3.05) is 7.11 Å². The summed E-state index contributed by atoms with van der Waals surface area (Å²) >= 11 is 0. The maximum atomic E-state index is 12.2. The van der Waals surface area contributed by atoms with E-state index in [1.54, 1.807) is 24.3 Å². The van der Waals surface area contributed by atoms with E-state index in [-0.39, 0.29) is 12.2 Å². The quantitative estimate of drug-likeness (QED) is 0.635. The van der Waals surface area contributed by atoms with E-state index in [1.807, 2.05) is 0 Å². The van der Waals surface area contributed by atoms with Crippen molar-refractivity contribution >= 4 is 17.9 Å². The molecular formula is C18H14O6. The van der Waals surface area contributed by atoms with Crippen molar-refractivity contribution in [2.24, 2.45) is 0 Å². The minimum absolute atomic E-state index is 0.252. The number of methoxy groups -OCH3 is 1. The van der Waals surface area contributed by atoms with Gasteiger partial charge in [-0.3, -0.25) is 0 Å². The van der Waals surface area contributed by atoms with Crippen LogP contribution in [0.5, 0.6) is 5.75 Å². The Morgan fingerprint density at radius 3 is 2.50 bits per heavy atom. The van der Waals surface area contributed by atoms with Gasteiger partial charge in [0, 0.05) is 6.42 Å². The molecule has 6 heteroatoms. The summed E-state index contributed by atoms with van der Waals surface area (Å²) < 4.78 is 14.9. The average Bonchev–Trinajstić information content (AvgIpc) is 2.61. The molecule has 1 atom stereocenters. The first kappa shape index (κ1) is 15.7. The van der Waals surface area contributed by atoms with Crippen LogP contribution in [0.2, 0.25) is 0 Å². The van der Waals surface area contributed by atoms with Crippen LogP contribution in [0.4, 0.5) is 0 Å². The zero-order chi connectivity index (χ0) is 17.1. The van der Waals surface area contributed by atoms with Crippen LogP contribution in [0.1, 0.15) is 26.3 Å². The summed E-state index contributed by atoms with van der Waals surface area (Å²) in [6, 6.07) is 12.9. The van der Waals surface area contributed by atoms with Gasteiger partial charge in [0.2, 0.25) is 6.10 Å². The second kappa shape index (κ2) is 6.54. The number of fused-ring (bicyclic) bond motifs is 1. The van der Waals surface area contributed by atoms with E-state index in [2.05, 4.69) is 4.74 Å². The first-order valence-corrected chi connectivity index (χ1v) is 7.27. The largest absolute Gasteiger partial charge is 0.465 e. The lowest BCUT2D eigenvalue weighted by atomic mass is 9.99. The molecule has 122 valence electrons. The standard InChI is InChI=1S/C18H14O6/c1-22-16(19)11-6-8-13(9-7-11)23-18(21)15-10-12-4-2-3-5-14(12)17(20)24-15/h2-9,15H,10H2,1H3/t15-/m0/s1. The number of rotatable bonds is 3. The van der Waals surface area contributed by atoms with E-state index < -0.39 is 24.0 Å². The molecule has 0 radical (unpaired) electrons. The van der Waals surface area contributed by atoms with Crippen LogP contribution in [-0.4, -0.2) is 31.1 Å². The molecule has 6 nitrogen and oxygen atoms in total. The molecule has 0 unspecified atom stereocenters. The molecule has 0 fully saturated rings. The van der Waals surface area contributed by atoms with E-state index in [0.29, 0.717) is 11.1 Å². The number of hydrogen-bond donors (Lipinski definition) is 0. The molecule has 0 amide bonds. The van der Waals surface area contributed by atoms with Gasteiger partial charge in [-0.15, -0.1) is 0 Å². The summed E-state index contributed by atoms with van der Waals surface area (Å²) in [6.45, 7) is 0. The summed E-state index contributed by atoms with van der Waals surface area (Å²) in [5, 5.41) is 0. The minimum atomic E-state index is -0.993. The Balaban J connectivity index is 1.70. The van der Waals surface area contributed by atoms with Crippen molar-refractivity contribution < 1.29 is 28.6 Å². The van der Waals surface area contributed by atoms with E-state index in [0.717, 1.165) is 5.56 Å².